The van der Waals surface area contributed by atoms with E-state index in [0.717, 1.165) is 43.4 Å². The Morgan fingerprint density at radius 3 is 2.76 bits per heavy atom. The van der Waals surface area contributed by atoms with Gasteiger partial charge in [0.15, 0.2) is 10.8 Å². The zero-order valence-corrected chi connectivity index (χ0v) is 20.2. The number of anilines is 2. The number of nitrogens with zero attached hydrogens (tertiary/aromatic N) is 4. The maximum atomic E-state index is 13.0. The van der Waals surface area contributed by atoms with Crippen molar-refractivity contribution in [1.29, 1.82) is 0 Å². The lowest BCUT2D eigenvalue weighted by Crippen LogP contribution is -2.43. The number of thiazole rings is 1. The molecule has 2 amide bonds. The Kier molecular flexibility index (Phi) is 6.07. The molecule has 1 aromatic carbocycles. The van der Waals surface area contributed by atoms with Gasteiger partial charge in [0.1, 0.15) is 17.6 Å². The maximum absolute atomic E-state index is 13.0. The highest BCUT2D eigenvalue weighted by Crippen LogP contribution is 2.30. The number of piperidine rings is 1. The molecule has 1 aliphatic heterocycles. The van der Waals surface area contributed by atoms with Gasteiger partial charge in [-0.15, -0.1) is 0 Å². The first-order valence-electron chi connectivity index (χ1n) is 11.7. The van der Waals surface area contributed by atoms with Crippen LogP contribution in [-0.2, 0) is 16.1 Å². The Morgan fingerprint density at radius 1 is 1.18 bits per heavy atom. The van der Waals surface area contributed by atoms with Crippen LogP contribution in [0.2, 0.25) is 0 Å². The number of carbonyl (C=O) groups excluding carboxylic acids is 2. The second kappa shape index (κ2) is 9.17. The van der Waals surface area contributed by atoms with Gasteiger partial charge >= 0.3 is 0 Å². The zero-order valence-electron chi connectivity index (χ0n) is 19.3. The third-order valence-corrected chi connectivity index (χ3v) is 7.56. The van der Waals surface area contributed by atoms with Crippen LogP contribution in [0.3, 0.4) is 0 Å². The first-order valence-corrected chi connectivity index (χ1v) is 12.5. The van der Waals surface area contributed by atoms with Crippen LogP contribution in [0.4, 0.5) is 10.8 Å². The predicted octanol–water partition coefficient (Wildman–Crippen LogP) is 2.60. The lowest BCUT2D eigenvalue weighted by atomic mass is 9.97. The smallest absolute Gasteiger partial charge is 0.273 e. The Balaban J connectivity index is 1.29. The van der Waals surface area contributed by atoms with Gasteiger partial charge in [0.25, 0.3) is 5.56 Å². The number of aryl methyl sites for hydroxylation is 2. The largest absolute Gasteiger partial charge is 0.353 e. The third kappa shape index (κ3) is 4.82. The Bertz CT molecular complexity index is 1310. The van der Waals surface area contributed by atoms with E-state index in [-0.39, 0.29) is 29.8 Å². The second-order valence-corrected chi connectivity index (χ2v) is 10.2. The Labute approximate surface area is 201 Å². The van der Waals surface area contributed by atoms with Crippen molar-refractivity contribution in [2.45, 2.75) is 52.1 Å². The molecule has 2 fully saturated rings. The van der Waals surface area contributed by atoms with E-state index in [0.29, 0.717) is 33.8 Å². The van der Waals surface area contributed by atoms with Crippen molar-refractivity contribution in [1.82, 2.24) is 19.9 Å². The molecule has 34 heavy (non-hydrogen) atoms. The van der Waals surface area contributed by atoms with Crippen LogP contribution >= 0.6 is 11.3 Å². The summed E-state index contributed by atoms with van der Waals surface area (Å²) in [6, 6.07) is 6.05. The number of nitrogens with one attached hydrogen (secondary N) is 2. The monoisotopic (exact) mass is 480 g/mol. The minimum absolute atomic E-state index is 0.0694. The summed E-state index contributed by atoms with van der Waals surface area (Å²) in [5.74, 6) is -0.250. The zero-order chi connectivity index (χ0) is 23.8. The lowest BCUT2D eigenvalue weighted by Gasteiger charge is -2.31. The summed E-state index contributed by atoms with van der Waals surface area (Å²) in [5.41, 5.74) is 3.01. The van der Waals surface area contributed by atoms with Crippen molar-refractivity contribution >= 4 is 44.3 Å². The molecular weight excluding hydrogens is 452 g/mol. The van der Waals surface area contributed by atoms with Gasteiger partial charge in [-0.3, -0.25) is 19.0 Å². The number of rotatable bonds is 6. The molecule has 2 aliphatic rings. The molecule has 3 heterocycles. The first-order chi connectivity index (χ1) is 16.4. The summed E-state index contributed by atoms with van der Waals surface area (Å²) < 4.78 is 1.73. The van der Waals surface area contributed by atoms with E-state index in [2.05, 4.69) is 25.5 Å². The van der Waals surface area contributed by atoms with Crippen LogP contribution in [0, 0.1) is 19.8 Å². The minimum atomic E-state index is -0.295. The summed E-state index contributed by atoms with van der Waals surface area (Å²) in [5, 5.41) is 6.63. The van der Waals surface area contributed by atoms with E-state index in [4.69, 9.17) is 0 Å². The van der Waals surface area contributed by atoms with Crippen molar-refractivity contribution in [2.75, 3.05) is 23.3 Å². The van der Waals surface area contributed by atoms with Crippen LogP contribution in [-0.4, -0.2) is 45.5 Å². The molecule has 0 spiro atoms. The lowest BCUT2D eigenvalue weighted by molar-refractivity contribution is -0.125. The topological polar surface area (TPSA) is 109 Å². The summed E-state index contributed by atoms with van der Waals surface area (Å²) in [6.07, 6.45) is 5.27. The molecule has 0 radical (unpaired) electrons. The van der Waals surface area contributed by atoms with Gasteiger partial charge < -0.3 is 15.5 Å². The van der Waals surface area contributed by atoms with Crippen LogP contribution in [0.1, 0.15) is 36.8 Å². The number of hydrogen-bond acceptors (Lipinski definition) is 7. The summed E-state index contributed by atoms with van der Waals surface area (Å²) in [6.45, 7) is 5.25. The van der Waals surface area contributed by atoms with Crippen LogP contribution < -0.4 is 21.1 Å². The van der Waals surface area contributed by atoms with Gasteiger partial charge in [0, 0.05) is 24.8 Å². The number of amides is 2. The van der Waals surface area contributed by atoms with E-state index in [1.807, 2.05) is 32.0 Å². The highest BCUT2D eigenvalue weighted by atomic mass is 32.1. The molecular formula is C24H28N6O3S. The fourth-order valence-electron chi connectivity index (χ4n) is 4.17. The molecule has 3 aromatic rings. The molecule has 2 aromatic heterocycles. The van der Waals surface area contributed by atoms with Crippen LogP contribution in [0.5, 0.6) is 0 Å². The molecule has 0 bridgehead atoms. The fourth-order valence-corrected chi connectivity index (χ4v) is 5.17. The Hall–Kier alpha value is -3.27. The molecule has 9 nitrogen and oxygen atoms in total. The SMILES string of the molecule is Cc1ccc(NC(=O)Cn2cnc3nc(N4CCCC(C(=O)NC5CC5)C4)sc3c2=O)cc1C. The minimum Gasteiger partial charge on any atom is -0.353 e. The summed E-state index contributed by atoms with van der Waals surface area (Å²) in [7, 11) is 0. The molecule has 2 N–H and O–H groups in total. The first kappa shape index (κ1) is 22.5. The molecule has 1 unspecified atom stereocenters. The highest BCUT2D eigenvalue weighted by Gasteiger charge is 2.31. The van der Waals surface area contributed by atoms with Crippen molar-refractivity contribution < 1.29 is 9.59 Å². The normalized spacial score (nSPS) is 18.2. The van der Waals surface area contributed by atoms with Crippen molar-refractivity contribution in [3.63, 3.8) is 0 Å². The van der Waals surface area contributed by atoms with Crippen molar-refractivity contribution in [2.24, 2.45) is 5.92 Å². The van der Waals surface area contributed by atoms with Crippen molar-refractivity contribution in [3.8, 4) is 0 Å². The average molecular weight is 481 g/mol. The second-order valence-electron chi connectivity index (χ2n) is 9.24. The van der Waals surface area contributed by atoms with Gasteiger partial charge in [-0.2, -0.15) is 4.98 Å². The molecule has 178 valence electrons. The van der Waals surface area contributed by atoms with E-state index < -0.39 is 0 Å². The van der Waals surface area contributed by atoms with E-state index in [1.54, 1.807) is 0 Å². The van der Waals surface area contributed by atoms with Gasteiger partial charge in [-0.25, -0.2) is 4.98 Å². The number of carbonyl (C=O) groups is 2. The highest BCUT2D eigenvalue weighted by molar-refractivity contribution is 7.22. The molecule has 1 atom stereocenters. The van der Waals surface area contributed by atoms with E-state index >= 15 is 0 Å². The van der Waals surface area contributed by atoms with Gasteiger partial charge in [0.05, 0.1) is 5.92 Å². The predicted molar refractivity (Wildman–Crippen MR) is 132 cm³/mol. The molecule has 10 heteroatoms. The third-order valence-electron chi connectivity index (χ3n) is 6.46. The summed E-state index contributed by atoms with van der Waals surface area (Å²) >= 11 is 1.27. The van der Waals surface area contributed by atoms with E-state index in [1.165, 1.54) is 22.2 Å². The maximum Gasteiger partial charge on any atom is 0.273 e. The molecule has 1 saturated carbocycles. The molecule has 5 rings (SSSR count). The quantitative estimate of drug-likeness (QED) is 0.561. The van der Waals surface area contributed by atoms with Crippen LogP contribution in [0.25, 0.3) is 10.3 Å². The average Bonchev–Trinajstić information content (AvgIpc) is 3.52. The molecule has 1 saturated heterocycles. The summed E-state index contributed by atoms with van der Waals surface area (Å²) in [4.78, 5) is 49.0. The molecule has 1 aliphatic carbocycles. The van der Waals surface area contributed by atoms with Crippen molar-refractivity contribution in [3.05, 3.63) is 46.0 Å². The number of benzene rings is 1. The number of fused-ring (bicyclic) bond motifs is 1. The van der Waals surface area contributed by atoms with Crippen LogP contribution in [0.15, 0.2) is 29.3 Å². The number of hydrogen-bond donors (Lipinski definition) is 2. The fraction of sp³-hybridized carbons (Fsp3) is 0.458. The standard InChI is InChI=1S/C24H28N6O3S/c1-14-5-6-18(10-15(14)2)26-19(31)12-30-13-25-21-20(23(30)33)34-24(28-21)29-9-3-4-16(11-29)22(32)27-17-7-8-17/h5-6,10,13,16-17H,3-4,7-9,11-12H2,1-2H3,(H,26,31)(H,27,32). The van der Waals surface area contributed by atoms with Gasteiger partial charge in [0.2, 0.25) is 11.8 Å². The van der Waals surface area contributed by atoms with E-state index in [9.17, 15) is 14.4 Å². The van der Waals surface area contributed by atoms with Gasteiger partial charge in [-0.1, -0.05) is 17.4 Å². The van der Waals surface area contributed by atoms with Gasteiger partial charge in [-0.05, 0) is 62.8 Å². The number of aromatic nitrogens is 3. The Morgan fingerprint density at radius 2 is 2.00 bits per heavy atom.